The molecule has 92 valence electrons. The summed E-state index contributed by atoms with van der Waals surface area (Å²) in [5.41, 5.74) is 6.48. The second-order valence-electron chi connectivity index (χ2n) is 3.36. The number of ether oxygens (including phenoxy) is 2. The summed E-state index contributed by atoms with van der Waals surface area (Å²) in [6, 6.07) is 3.71. The molecule has 1 aliphatic heterocycles. The first-order valence-electron chi connectivity index (χ1n) is 4.95. The van der Waals surface area contributed by atoms with E-state index in [-0.39, 0.29) is 0 Å². The lowest BCUT2D eigenvalue weighted by Crippen LogP contribution is -2.16. The van der Waals surface area contributed by atoms with E-state index >= 15 is 0 Å². The van der Waals surface area contributed by atoms with Crippen LogP contribution in [-0.2, 0) is 5.75 Å². The van der Waals surface area contributed by atoms with Crippen LogP contribution in [0.2, 0.25) is 5.02 Å². The van der Waals surface area contributed by atoms with Gasteiger partial charge in [0.2, 0.25) is 0 Å². The average Bonchev–Trinajstić information content (AvgIpc) is 2.36. The van der Waals surface area contributed by atoms with Crippen molar-refractivity contribution >= 4 is 28.5 Å². The van der Waals surface area contributed by atoms with Gasteiger partial charge in [0.1, 0.15) is 13.2 Å². The number of rotatable bonds is 2. The molecule has 1 aliphatic rings. The highest BCUT2D eigenvalue weighted by atomic mass is 35.5. The SMILES string of the molecule is NN=C(N)SCc1cc(Cl)c2c(c1)OCCO2. The number of fused-ring (bicyclic) bond motifs is 1. The molecule has 0 bridgehead atoms. The highest BCUT2D eigenvalue weighted by Gasteiger charge is 2.16. The van der Waals surface area contributed by atoms with Crippen molar-refractivity contribution in [1.82, 2.24) is 0 Å². The maximum absolute atomic E-state index is 6.10. The molecule has 0 atom stereocenters. The van der Waals surface area contributed by atoms with Crippen LogP contribution in [-0.4, -0.2) is 18.4 Å². The van der Waals surface area contributed by atoms with E-state index < -0.39 is 0 Å². The van der Waals surface area contributed by atoms with Gasteiger partial charge in [0, 0.05) is 5.75 Å². The summed E-state index contributed by atoms with van der Waals surface area (Å²) in [5, 5.41) is 4.25. The van der Waals surface area contributed by atoms with E-state index in [2.05, 4.69) is 5.10 Å². The maximum atomic E-state index is 6.10. The zero-order chi connectivity index (χ0) is 12.3. The van der Waals surface area contributed by atoms with Crippen LogP contribution in [0.4, 0.5) is 0 Å². The van der Waals surface area contributed by atoms with Crippen LogP contribution in [0.1, 0.15) is 5.56 Å². The second-order valence-corrected chi connectivity index (χ2v) is 4.76. The topological polar surface area (TPSA) is 82.9 Å². The van der Waals surface area contributed by atoms with Crippen molar-refractivity contribution in [2.24, 2.45) is 16.7 Å². The molecule has 0 aromatic heterocycles. The Morgan fingerprint density at radius 1 is 1.41 bits per heavy atom. The first-order valence-corrected chi connectivity index (χ1v) is 6.31. The van der Waals surface area contributed by atoms with Gasteiger partial charge in [0.15, 0.2) is 16.7 Å². The Hall–Kier alpha value is -1.27. The third-order valence-corrected chi connectivity index (χ3v) is 3.33. The van der Waals surface area contributed by atoms with Crippen LogP contribution in [0.15, 0.2) is 17.2 Å². The van der Waals surface area contributed by atoms with E-state index in [1.165, 1.54) is 11.8 Å². The molecule has 4 N–H and O–H groups in total. The molecule has 0 saturated heterocycles. The largest absolute Gasteiger partial charge is 0.486 e. The lowest BCUT2D eigenvalue weighted by Gasteiger charge is -2.20. The van der Waals surface area contributed by atoms with E-state index in [1.807, 2.05) is 12.1 Å². The van der Waals surface area contributed by atoms with Crippen LogP contribution < -0.4 is 21.1 Å². The summed E-state index contributed by atoms with van der Waals surface area (Å²) in [7, 11) is 0. The van der Waals surface area contributed by atoms with Gasteiger partial charge in [-0.05, 0) is 17.7 Å². The summed E-state index contributed by atoms with van der Waals surface area (Å²) in [6.07, 6.45) is 0. The minimum atomic E-state index is 0.330. The van der Waals surface area contributed by atoms with Crippen molar-refractivity contribution in [3.63, 3.8) is 0 Å². The fourth-order valence-electron chi connectivity index (χ4n) is 1.44. The summed E-state index contributed by atoms with van der Waals surface area (Å²) in [5.74, 6) is 6.95. The van der Waals surface area contributed by atoms with E-state index in [9.17, 15) is 0 Å². The van der Waals surface area contributed by atoms with Crippen LogP contribution in [0.25, 0.3) is 0 Å². The fraction of sp³-hybridized carbons (Fsp3) is 0.300. The lowest BCUT2D eigenvalue weighted by molar-refractivity contribution is 0.171. The van der Waals surface area contributed by atoms with Gasteiger partial charge in [0.25, 0.3) is 0 Å². The number of hydrogen-bond donors (Lipinski definition) is 2. The molecule has 5 nitrogen and oxygen atoms in total. The van der Waals surface area contributed by atoms with Gasteiger partial charge in [-0.3, -0.25) is 0 Å². The molecule has 0 spiro atoms. The predicted molar refractivity (Wildman–Crippen MR) is 69.5 cm³/mol. The average molecular weight is 274 g/mol. The standard InChI is InChI=1S/C10H12ClN3O2S/c11-7-3-6(5-17-10(12)14-13)4-8-9(7)16-2-1-15-8/h3-4H,1-2,5,13H2,(H2,12,14). The third-order valence-electron chi connectivity index (χ3n) is 2.17. The van der Waals surface area contributed by atoms with Gasteiger partial charge in [-0.15, -0.1) is 0 Å². The Labute approximate surface area is 108 Å². The second kappa shape index (κ2) is 5.37. The van der Waals surface area contributed by atoms with Crippen LogP contribution in [0.3, 0.4) is 0 Å². The van der Waals surface area contributed by atoms with Gasteiger partial charge >= 0.3 is 0 Å². The highest BCUT2D eigenvalue weighted by Crippen LogP contribution is 2.38. The van der Waals surface area contributed by atoms with Crippen LogP contribution in [0, 0.1) is 0 Å². The molecule has 0 fully saturated rings. The molecule has 1 heterocycles. The van der Waals surface area contributed by atoms with Gasteiger partial charge in [-0.1, -0.05) is 23.4 Å². The molecule has 0 saturated carbocycles. The predicted octanol–water partition coefficient (Wildman–Crippen LogP) is 1.53. The number of nitrogens with two attached hydrogens (primary N) is 2. The number of nitrogens with zero attached hydrogens (tertiary/aromatic N) is 1. The Bertz CT molecular complexity index is 453. The fourth-order valence-corrected chi connectivity index (χ4v) is 2.29. The first kappa shape index (κ1) is 12.2. The van der Waals surface area contributed by atoms with Gasteiger partial charge < -0.3 is 21.1 Å². The maximum Gasteiger partial charge on any atom is 0.179 e. The van der Waals surface area contributed by atoms with Crippen molar-refractivity contribution in [1.29, 1.82) is 0 Å². The highest BCUT2D eigenvalue weighted by molar-refractivity contribution is 8.13. The van der Waals surface area contributed by atoms with Gasteiger partial charge in [-0.25, -0.2) is 0 Å². The summed E-state index contributed by atoms with van der Waals surface area (Å²) >= 11 is 7.43. The molecule has 0 amide bonds. The number of benzene rings is 1. The normalized spacial score (nSPS) is 14.8. The Morgan fingerprint density at radius 2 is 2.18 bits per heavy atom. The minimum absolute atomic E-state index is 0.330. The van der Waals surface area contributed by atoms with Crippen molar-refractivity contribution in [3.05, 3.63) is 22.7 Å². The molecule has 1 aromatic carbocycles. The minimum Gasteiger partial charge on any atom is -0.486 e. The molecule has 0 unspecified atom stereocenters. The number of amidine groups is 1. The van der Waals surface area contributed by atoms with E-state index in [0.717, 1.165) is 5.56 Å². The quantitative estimate of drug-likeness (QED) is 0.370. The van der Waals surface area contributed by atoms with E-state index in [0.29, 0.717) is 40.7 Å². The molecular weight excluding hydrogens is 262 g/mol. The van der Waals surface area contributed by atoms with Crippen molar-refractivity contribution in [2.45, 2.75) is 5.75 Å². The molecule has 17 heavy (non-hydrogen) atoms. The number of hydrazone groups is 1. The molecular formula is C10H12ClN3O2S. The Balaban J connectivity index is 2.16. The molecule has 7 heteroatoms. The van der Waals surface area contributed by atoms with Crippen molar-refractivity contribution < 1.29 is 9.47 Å². The summed E-state index contributed by atoms with van der Waals surface area (Å²) in [4.78, 5) is 0. The Morgan fingerprint density at radius 3 is 2.94 bits per heavy atom. The molecule has 0 aliphatic carbocycles. The van der Waals surface area contributed by atoms with Crippen LogP contribution >= 0.6 is 23.4 Å². The summed E-state index contributed by atoms with van der Waals surface area (Å²) < 4.78 is 10.9. The first-order chi connectivity index (χ1) is 8.20. The number of halogens is 1. The monoisotopic (exact) mass is 273 g/mol. The summed E-state index contributed by atoms with van der Waals surface area (Å²) in [6.45, 7) is 1.06. The molecule has 0 radical (unpaired) electrons. The zero-order valence-electron chi connectivity index (χ0n) is 8.98. The Kier molecular flexibility index (Phi) is 3.86. The number of hydrogen-bond acceptors (Lipinski definition) is 5. The van der Waals surface area contributed by atoms with Crippen molar-refractivity contribution in [2.75, 3.05) is 13.2 Å². The number of thioether (sulfide) groups is 1. The van der Waals surface area contributed by atoms with Gasteiger partial charge in [0.05, 0.1) is 5.02 Å². The van der Waals surface area contributed by atoms with Crippen LogP contribution in [0.5, 0.6) is 11.5 Å². The molecule has 1 aromatic rings. The van der Waals surface area contributed by atoms with E-state index in [4.69, 9.17) is 32.7 Å². The van der Waals surface area contributed by atoms with Gasteiger partial charge in [-0.2, -0.15) is 5.10 Å². The van der Waals surface area contributed by atoms with E-state index in [1.54, 1.807) is 0 Å². The third kappa shape index (κ3) is 2.89. The van der Waals surface area contributed by atoms with Crippen molar-refractivity contribution in [3.8, 4) is 11.5 Å². The smallest absolute Gasteiger partial charge is 0.179 e. The lowest BCUT2D eigenvalue weighted by atomic mass is 10.2. The zero-order valence-corrected chi connectivity index (χ0v) is 10.6. The molecule has 2 rings (SSSR count).